The minimum absolute atomic E-state index is 0.0416. The lowest BCUT2D eigenvalue weighted by molar-refractivity contribution is -0.121. The van der Waals surface area contributed by atoms with E-state index in [0.717, 1.165) is 11.8 Å². The second kappa shape index (κ2) is 6.33. The van der Waals surface area contributed by atoms with Gasteiger partial charge in [-0.25, -0.2) is 8.42 Å². The quantitative estimate of drug-likeness (QED) is 0.899. The Labute approximate surface area is 146 Å². The molecule has 0 aromatic heterocycles. The first kappa shape index (κ1) is 17.2. The van der Waals surface area contributed by atoms with Crippen LogP contribution in [-0.4, -0.2) is 39.6 Å². The van der Waals surface area contributed by atoms with Crippen LogP contribution in [0.3, 0.4) is 0 Å². The van der Waals surface area contributed by atoms with E-state index in [9.17, 15) is 18.0 Å². The Morgan fingerprint density at radius 2 is 1.72 bits per heavy atom. The van der Waals surface area contributed by atoms with E-state index < -0.39 is 21.8 Å². The Kier molecular flexibility index (Phi) is 4.34. The molecule has 0 spiro atoms. The number of rotatable bonds is 3. The SMILES string of the molecule is CNC(=O)[C@H]1Cc2ccccc2N1C(=O)c1ccccc1S(C)(=O)=O. The van der Waals surface area contributed by atoms with Crippen LogP contribution in [0.2, 0.25) is 0 Å². The minimum atomic E-state index is -3.58. The van der Waals surface area contributed by atoms with Crippen LogP contribution >= 0.6 is 0 Å². The molecule has 7 heteroatoms. The highest BCUT2D eigenvalue weighted by Gasteiger charge is 2.39. The van der Waals surface area contributed by atoms with Crippen LogP contribution in [0.5, 0.6) is 0 Å². The van der Waals surface area contributed by atoms with Crippen molar-refractivity contribution in [3.8, 4) is 0 Å². The smallest absolute Gasteiger partial charge is 0.260 e. The predicted molar refractivity (Wildman–Crippen MR) is 94.4 cm³/mol. The first-order chi connectivity index (χ1) is 11.8. The van der Waals surface area contributed by atoms with Crippen molar-refractivity contribution in [3.63, 3.8) is 0 Å². The maximum Gasteiger partial charge on any atom is 0.260 e. The van der Waals surface area contributed by atoms with Gasteiger partial charge in [0.25, 0.3) is 5.91 Å². The van der Waals surface area contributed by atoms with Gasteiger partial charge < -0.3 is 5.32 Å². The lowest BCUT2D eigenvalue weighted by atomic mass is 10.1. The van der Waals surface area contributed by atoms with Gasteiger partial charge in [-0.2, -0.15) is 0 Å². The van der Waals surface area contributed by atoms with E-state index >= 15 is 0 Å². The van der Waals surface area contributed by atoms with Gasteiger partial charge >= 0.3 is 0 Å². The number of nitrogens with zero attached hydrogens (tertiary/aromatic N) is 1. The molecule has 1 heterocycles. The Bertz CT molecular complexity index is 953. The number of carbonyl (C=O) groups is 2. The number of fused-ring (bicyclic) bond motifs is 1. The number of anilines is 1. The number of nitrogens with one attached hydrogen (secondary N) is 1. The van der Waals surface area contributed by atoms with Crippen LogP contribution in [0.25, 0.3) is 0 Å². The summed E-state index contributed by atoms with van der Waals surface area (Å²) in [4.78, 5) is 26.8. The molecule has 1 atom stereocenters. The molecule has 1 aliphatic rings. The molecule has 2 amide bonds. The third kappa shape index (κ3) is 3.02. The predicted octanol–water partition coefficient (Wildman–Crippen LogP) is 1.41. The lowest BCUT2D eigenvalue weighted by Crippen LogP contribution is -2.47. The molecule has 6 nitrogen and oxygen atoms in total. The maximum atomic E-state index is 13.2. The molecule has 130 valence electrons. The van der Waals surface area contributed by atoms with Gasteiger partial charge in [-0.05, 0) is 23.8 Å². The molecular formula is C18H18N2O4S. The molecule has 25 heavy (non-hydrogen) atoms. The number of amides is 2. The highest BCUT2D eigenvalue weighted by Crippen LogP contribution is 2.34. The molecule has 1 N–H and O–H groups in total. The van der Waals surface area contributed by atoms with E-state index in [1.54, 1.807) is 24.3 Å². The third-order valence-electron chi connectivity index (χ3n) is 4.26. The number of likely N-dealkylation sites (N-methyl/N-ethyl adjacent to an activating group) is 1. The number of hydrogen-bond donors (Lipinski definition) is 1. The molecule has 0 aliphatic carbocycles. The molecule has 2 aromatic carbocycles. The number of para-hydroxylation sites is 1. The van der Waals surface area contributed by atoms with E-state index in [-0.39, 0.29) is 16.4 Å². The number of sulfone groups is 1. The van der Waals surface area contributed by atoms with Gasteiger partial charge in [0.05, 0.1) is 10.5 Å². The summed E-state index contributed by atoms with van der Waals surface area (Å²) < 4.78 is 24.1. The molecule has 0 bridgehead atoms. The minimum Gasteiger partial charge on any atom is -0.357 e. The van der Waals surface area contributed by atoms with E-state index in [0.29, 0.717) is 12.1 Å². The summed E-state index contributed by atoms with van der Waals surface area (Å²) in [5, 5.41) is 2.57. The van der Waals surface area contributed by atoms with Gasteiger partial charge in [-0.15, -0.1) is 0 Å². The summed E-state index contributed by atoms with van der Waals surface area (Å²) in [7, 11) is -2.06. The van der Waals surface area contributed by atoms with E-state index in [2.05, 4.69) is 5.32 Å². The zero-order chi connectivity index (χ0) is 18.2. The summed E-state index contributed by atoms with van der Waals surface area (Å²) in [6.07, 6.45) is 1.45. The Morgan fingerprint density at radius 3 is 2.40 bits per heavy atom. The van der Waals surface area contributed by atoms with E-state index in [4.69, 9.17) is 0 Å². The van der Waals surface area contributed by atoms with Crippen LogP contribution in [-0.2, 0) is 21.1 Å². The first-order valence-corrected chi connectivity index (χ1v) is 9.66. The zero-order valence-electron chi connectivity index (χ0n) is 13.9. The van der Waals surface area contributed by atoms with Crippen LogP contribution in [0.4, 0.5) is 5.69 Å². The standard InChI is InChI=1S/C18H18N2O4S/c1-19-17(21)15-11-12-7-3-5-9-14(12)20(15)18(22)13-8-4-6-10-16(13)25(2,23)24/h3-10,15H,11H2,1-2H3,(H,19,21)/t15-/m1/s1. The molecule has 2 aromatic rings. The fourth-order valence-corrected chi connectivity index (χ4v) is 3.99. The molecule has 0 unspecified atom stereocenters. The fraction of sp³-hybridized carbons (Fsp3) is 0.222. The van der Waals surface area contributed by atoms with Crippen LogP contribution in [0.15, 0.2) is 53.4 Å². The second-order valence-corrected chi connectivity index (χ2v) is 7.89. The van der Waals surface area contributed by atoms with Crippen molar-refractivity contribution in [1.29, 1.82) is 0 Å². The number of carbonyl (C=O) groups excluding carboxylic acids is 2. The average Bonchev–Trinajstić information content (AvgIpc) is 2.99. The molecular weight excluding hydrogens is 340 g/mol. The van der Waals surface area contributed by atoms with Gasteiger partial charge in [0.1, 0.15) is 6.04 Å². The monoisotopic (exact) mass is 358 g/mol. The molecule has 0 fully saturated rings. The second-order valence-electron chi connectivity index (χ2n) is 5.91. The number of benzene rings is 2. The Morgan fingerprint density at radius 1 is 1.08 bits per heavy atom. The van der Waals surface area contributed by atoms with E-state index in [1.807, 2.05) is 12.1 Å². The third-order valence-corrected chi connectivity index (χ3v) is 5.42. The van der Waals surface area contributed by atoms with Crippen molar-refractivity contribution in [2.75, 3.05) is 18.2 Å². The first-order valence-electron chi connectivity index (χ1n) is 7.76. The highest BCUT2D eigenvalue weighted by molar-refractivity contribution is 7.90. The maximum absolute atomic E-state index is 13.2. The zero-order valence-corrected chi connectivity index (χ0v) is 14.7. The summed E-state index contributed by atoms with van der Waals surface area (Å²) in [5.74, 6) is -0.791. The van der Waals surface area contributed by atoms with Crippen molar-refractivity contribution < 1.29 is 18.0 Å². The normalized spacial score (nSPS) is 16.4. The fourth-order valence-electron chi connectivity index (χ4n) is 3.11. The molecule has 3 rings (SSSR count). The van der Waals surface area contributed by atoms with Gasteiger partial charge in [0, 0.05) is 25.4 Å². The van der Waals surface area contributed by atoms with E-state index in [1.165, 1.54) is 24.1 Å². The lowest BCUT2D eigenvalue weighted by Gasteiger charge is -2.25. The van der Waals surface area contributed by atoms with Crippen molar-refractivity contribution >= 4 is 27.3 Å². The van der Waals surface area contributed by atoms with Gasteiger partial charge in [-0.3, -0.25) is 14.5 Å². The van der Waals surface area contributed by atoms with Crippen molar-refractivity contribution in [2.45, 2.75) is 17.4 Å². The molecule has 0 saturated heterocycles. The average molecular weight is 358 g/mol. The Balaban J connectivity index is 2.13. The largest absolute Gasteiger partial charge is 0.357 e. The van der Waals surface area contributed by atoms with Crippen molar-refractivity contribution in [1.82, 2.24) is 5.32 Å². The Hall–Kier alpha value is -2.67. The van der Waals surface area contributed by atoms with Crippen LogP contribution < -0.4 is 10.2 Å². The summed E-state index contributed by atoms with van der Waals surface area (Å²) in [6, 6.07) is 12.6. The van der Waals surface area contributed by atoms with Crippen molar-refractivity contribution in [2.24, 2.45) is 0 Å². The number of hydrogen-bond acceptors (Lipinski definition) is 4. The molecule has 1 aliphatic heterocycles. The highest BCUT2D eigenvalue weighted by atomic mass is 32.2. The summed E-state index contributed by atoms with van der Waals surface area (Å²) >= 11 is 0. The summed E-state index contributed by atoms with van der Waals surface area (Å²) in [6.45, 7) is 0. The van der Waals surface area contributed by atoms with Crippen LogP contribution in [0.1, 0.15) is 15.9 Å². The van der Waals surface area contributed by atoms with Crippen LogP contribution in [0, 0.1) is 0 Å². The molecule has 0 radical (unpaired) electrons. The van der Waals surface area contributed by atoms with Gasteiger partial charge in [-0.1, -0.05) is 30.3 Å². The van der Waals surface area contributed by atoms with Gasteiger partial charge in [0.15, 0.2) is 9.84 Å². The van der Waals surface area contributed by atoms with Gasteiger partial charge in [0.2, 0.25) is 5.91 Å². The summed E-state index contributed by atoms with van der Waals surface area (Å²) in [5.41, 5.74) is 1.57. The molecule has 0 saturated carbocycles. The topological polar surface area (TPSA) is 83.6 Å². The van der Waals surface area contributed by atoms with Crippen molar-refractivity contribution in [3.05, 3.63) is 59.7 Å².